The van der Waals surface area contributed by atoms with Crippen molar-refractivity contribution < 1.29 is 23.9 Å². The van der Waals surface area contributed by atoms with Gasteiger partial charge in [-0.1, -0.05) is 41.9 Å². The predicted molar refractivity (Wildman–Crippen MR) is 220 cm³/mol. The molecule has 6 heterocycles. The molecule has 0 spiro atoms. The van der Waals surface area contributed by atoms with Crippen molar-refractivity contribution in [3.63, 3.8) is 0 Å². The van der Waals surface area contributed by atoms with Gasteiger partial charge in [-0.25, -0.2) is 4.98 Å². The van der Waals surface area contributed by atoms with E-state index in [1.165, 1.54) is 4.88 Å². The highest BCUT2D eigenvalue weighted by molar-refractivity contribution is 7.15. The third-order valence-corrected chi connectivity index (χ3v) is 12.0. The first-order chi connectivity index (χ1) is 27.7. The summed E-state index contributed by atoms with van der Waals surface area (Å²) in [6, 6.07) is 18.6. The van der Waals surface area contributed by atoms with Gasteiger partial charge in [0.05, 0.1) is 37.5 Å². The lowest BCUT2D eigenvalue weighted by Crippen LogP contribution is -2.41. The van der Waals surface area contributed by atoms with Gasteiger partial charge in [-0.05, 0) is 75.9 Å². The van der Waals surface area contributed by atoms with Crippen molar-refractivity contribution in [1.29, 1.82) is 0 Å². The largest absolute Gasteiger partial charge is 0.379 e. The molecular weight excluding hydrogens is 764 g/mol. The molecule has 6 aromatic rings. The van der Waals surface area contributed by atoms with E-state index in [4.69, 9.17) is 31.1 Å². The van der Waals surface area contributed by atoms with Gasteiger partial charge in [0.2, 0.25) is 17.7 Å². The number of hydrogen-bond donors (Lipinski definition) is 2. The number of piperidine rings is 1. The Bertz CT molecular complexity index is 2520. The fraction of sp³-hybridized carbons (Fsp3) is 0.357. The number of para-hydroxylation sites is 1. The van der Waals surface area contributed by atoms with E-state index >= 15 is 0 Å². The van der Waals surface area contributed by atoms with Gasteiger partial charge in [0, 0.05) is 57.1 Å². The monoisotopic (exact) mass is 806 g/mol. The van der Waals surface area contributed by atoms with Gasteiger partial charge < -0.3 is 19.4 Å². The third kappa shape index (κ3) is 7.87. The van der Waals surface area contributed by atoms with Crippen LogP contribution >= 0.6 is 22.9 Å². The molecule has 0 saturated carbocycles. The molecule has 8 rings (SSSR count). The summed E-state index contributed by atoms with van der Waals surface area (Å²) in [6.07, 6.45) is 2.30. The molecular formula is C42H43ClN8O5S. The van der Waals surface area contributed by atoms with Crippen LogP contribution < -0.4 is 10.6 Å². The number of aryl methyl sites for hydroxylation is 3. The molecule has 4 aromatic heterocycles. The van der Waals surface area contributed by atoms with E-state index in [2.05, 4.69) is 40.7 Å². The minimum Gasteiger partial charge on any atom is -0.379 e. The number of halogens is 1. The number of carbonyl (C=O) groups is 3. The number of thiophene rings is 1. The lowest BCUT2D eigenvalue weighted by molar-refractivity contribution is -0.135. The van der Waals surface area contributed by atoms with Gasteiger partial charge in [-0.3, -0.25) is 29.3 Å². The Morgan fingerprint density at radius 1 is 0.965 bits per heavy atom. The summed E-state index contributed by atoms with van der Waals surface area (Å²) in [5, 5.41) is 18.0. The molecule has 57 heavy (non-hydrogen) atoms. The summed E-state index contributed by atoms with van der Waals surface area (Å²) in [4.78, 5) is 49.3. The molecule has 1 unspecified atom stereocenters. The van der Waals surface area contributed by atoms with Gasteiger partial charge in [-0.15, -0.1) is 21.5 Å². The number of imide groups is 1. The van der Waals surface area contributed by atoms with Crippen molar-refractivity contribution in [1.82, 2.24) is 34.9 Å². The molecule has 2 aliphatic heterocycles. The van der Waals surface area contributed by atoms with Crippen molar-refractivity contribution in [2.45, 2.75) is 65.0 Å². The fourth-order valence-electron chi connectivity index (χ4n) is 7.61. The maximum Gasteiger partial charge on any atom is 0.249 e. The topological polar surface area (TPSA) is 155 Å². The van der Waals surface area contributed by atoms with Gasteiger partial charge in [0.1, 0.15) is 28.6 Å². The second-order valence-electron chi connectivity index (χ2n) is 14.3. The highest BCUT2D eigenvalue weighted by Crippen LogP contribution is 2.40. The molecule has 1 fully saturated rings. The van der Waals surface area contributed by atoms with Crippen LogP contribution in [0.25, 0.3) is 26.9 Å². The van der Waals surface area contributed by atoms with E-state index in [0.717, 1.165) is 67.3 Å². The summed E-state index contributed by atoms with van der Waals surface area (Å²) in [5.74, 6) is 0.681. The van der Waals surface area contributed by atoms with Gasteiger partial charge >= 0.3 is 0 Å². The number of benzene rings is 2. The maximum atomic E-state index is 13.3. The molecule has 1 saturated heterocycles. The second kappa shape index (κ2) is 16.7. The molecule has 294 valence electrons. The van der Waals surface area contributed by atoms with Crippen LogP contribution in [0.2, 0.25) is 5.02 Å². The number of carbonyl (C=O) groups excluding carboxylic acids is 3. The molecule has 2 atom stereocenters. The van der Waals surface area contributed by atoms with Crippen LogP contribution in [0.15, 0.2) is 65.7 Å². The molecule has 13 nitrogen and oxygen atoms in total. The maximum absolute atomic E-state index is 13.3. The fourth-order valence-corrected chi connectivity index (χ4v) is 8.95. The highest BCUT2D eigenvalue weighted by Gasteiger charge is 2.33. The summed E-state index contributed by atoms with van der Waals surface area (Å²) in [7, 11) is 0. The van der Waals surface area contributed by atoms with Crippen LogP contribution in [0.3, 0.4) is 0 Å². The van der Waals surface area contributed by atoms with Crippen LogP contribution in [-0.4, -0.2) is 80.7 Å². The van der Waals surface area contributed by atoms with E-state index in [0.29, 0.717) is 63.1 Å². The number of amides is 3. The Morgan fingerprint density at radius 2 is 1.75 bits per heavy atom. The standard InChI is InChI=1S/C42H43ClN8O5S/c1-24-25(2)57-42-37(24)38(27-10-12-28(43)13-11-27)46-32(40-49-48-26(3)50(40)42)23-36(53)44-18-20-56-22-21-55-19-6-7-29-14-15-31-30-8-4-5-9-33(30)51(39(31)45-29)34-16-17-35(52)47-41(34)54/h4-5,8-15,32,34H,6-7,16-23H2,1-3H3,(H,44,53)(H,47,52,54)/t32-,34?/m0/s1. The number of rotatable bonds is 14. The van der Waals surface area contributed by atoms with Crippen molar-refractivity contribution in [3.05, 3.63) is 105 Å². The Morgan fingerprint density at radius 3 is 2.56 bits per heavy atom. The SMILES string of the molecule is Cc1sc2c(c1C)C(c1ccc(Cl)cc1)=N[C@@H](CC(=O)NCCOCCOCCCc1ccc3c4ccccc4n(C4CCC(=O)NC4=O)c3n1)c1nnc(C)n1-2. The summed E-state index contributed by atoms with van der Waals surface area (Å²) in [6.45, 7) is 8.16. The van der Waals surface area contributed by atoms with Gasteiger partial charge in [0.15, 0.2) is 5.82 Å². The first-order valence-corrected chi connectivity index (χ1v) is 20.4. The number of aliphatic imine (C=N–C) groups is 1. The van der Waals surface area contributed by atoms with E-state index in [1.54, 1.807) is 11.3 Å². The summed E-state index contributed by atoms with van der Waals surface area (Å²) in [5.41, 5.74) is 6.46. The zero-order valence-corrected chi connectivity index (χ0v) is 33.6. The van der Waals surface area contributed by atoms with Gasteiger partial charge in [0.25, 0.3) is 0 Å². The average Bonchev–Trinajstić information content (AvgIpc) is 3.81. The number of nitrogens with one attached hydrogen (secondary N) is 2. The molecule has 0 radical (unpaired) electrons. The Hall–Kier alpha value is -5.28. The zero-order chi connectivity index (χ0) is 39.6. The number of nitrogens with zero attached hydrogens (tertiary/aromatic N) is 6. The predicted octanol–water partition coefficient (Wildman–Crippen LogP) is 6.45. The van der Waals surface area contributed by atoms with Crippen LogP contribution in [0.1, 0.15) is 76.7 Å². The van der Waals surface area contributed by atoms with Crippen molar-refractivity contribution >= 4 is 68.3 Å². The number of hydrogen-bond acceptors (Lipinski definition) is 10. The number of aromatic nitrogens is 5. The van der Waals surface area contributed by atoms with Crippen molar-refractivity contribution in [2.24, 2.45) is 4.99 Å². The van der Waals surface area contributed by atoms with E-state index in [9.17, 15) is 14.4 Å². The number of pyridine rings is 1. The summed E-state index contributed by atoms with van der Waals surface area (Å²) >= 11 is 7.90. The minimum atomic E-state index is -0.543. The Labute approximate surface area is 338 Å². The minimum absolute atomic E-state index is 0.103. The normalized spacial score (nSPS) is 16.7. The first kappa shape index (κ1) is 38.6. The van der Waals surface area contributed by atoms with Crippen molar-refractivity contribution in [2.75, 3.05) is 33.0 Å². The molecule has 2 aliphatic rings. The quantitative estimate of drug-likeness (QED) is 0.0941. The van der Waals surface area contributed by atoms with Crippen LogP contribution in [0.4, 0.5) is 0 Å². The third-order valence-electron chi connectivity index (χ3n) is 10.5. The molecule has 0 bridgehead atoms. The highest BCUT2D eigenvalue weighted by atomic mass is 35.5. The van der Waals surface area contributed by atoms with Crippen LogP contribution in [0.5, 0.6) is 0 Å². The average molecular weight is 807 g/mol. The van der Waals surface area contributed by atoms with Crippen LogP contribution in [-0.2, 0) is 30.3 Å². The zero-order valence-electron chi connectivity index (χ0n) is 32.0. The number of ether oxygens (including phenoxy) is 2. The van der Waals surface area contributed by atoms with Gasteiger partial charge in [-0.2, -0.15) is 0 Å². The Kier molecular flexibility index (Phi) is 11.3. The molecule has 2 N–H and O–H groups in total. The van der Waals surface area contributed by atoms with Crippen molar-refractivity contribution in [3.8, 4) is 5.00 Å². The smallest absolute Gasteiger partial charge is 0.249 e. The molecule has 15 heteroatoms. The molecule has 2 aromatic carbocycles. The first-order valence-electron chi connectivity index (χ1n) is 19.2. The van der Waals surface area contributed by atoms with Crippen LogP contribution in [0, 0.1) is 20.8 Å². The Balaban J connectivity index is 0.809. The van der Waals surface area contributed by atoms with E-state index < -0.39 is 12.1 Å². The summed E-state index contributed by atoms with van der Waals surface area (Å²) < 4.78 is 15.6. The molecule has 0 aliphatic carbocycles. The lowest BCUT2D eigenvalue weighted by atomic mass is 9.99. The second-order valence-corrected chi connectivity index (χ2v) is 16.0. The lowest BCUT2D eigenvalue weighted by Gasteiger charge is -2.23. The molecule has 3 amide bonds. The number of fused-ring (bicyclic) bond motifs is 6. The van der Waals surface area contributed by atoms with E-state index in [-0.39, 0.29) is 24.1 Å². The van der Waals surface area contributed by atoms with E-state index in [1.807, 2.05) is 70.7 Å².